The lowest BCUT2D eigenvalue weighted by Crippen LogP contribution is -2.56. The molecule has 2 aliphatic rings. The number of thioether (sulfide) groups is 1. The van der Waals surface area contributed by atoms with Crippen LogP contribution in [0.15, 0.2) is 11.6 Å². The van der Waals surface area contributed by atoms with Crippen LogP contribution < -0.4 is 10.6 Å². The van der Waals surface area contributed by atoms with Crippen LogP contribution in [0.4, 0.5) is 0 Å². The first-order valence-corrected chi connectivity index (χ1v) is 9.81. The minimum absolute atomic E-state index is 0.311. The number of hydrogen-bond acceptors (Lipinski definition) is 8. The molecular formula is C18H29N3O6S. The molecule has 1 fully saturated rings. The van der Waals surface area contributed by atoms with Crippen LogP contribution >= 0.6 is 11.8 Å². The number of amides is 1. The van der Waals surface area contributed by atoms with Crippen LogP contribution in [-0.4, -0.2) is 73.6 Å². The largest absolute Gasteiger partial charge is 0.480 e. The van der Waals surface area contributed by atoms with Crippen molar-refractivity contribution >= 4 is 29.6 Å². The number of rotatable bonds is 5. The van der Waals surface area contributed by atoms with Crippen LogP contribution in [0.5, 0.6) is 0 Å². The highest BCUT2D eigenvalue weighted by Gasteiger charge is 2.52. The number of hydrogen-bond donors (Lipinski definition) is 4. The zero-order chi connectivity index (χ0) is 21.7. The van der Waals surface area contributed by atoms with Gasteiger partial charge in [0.15, 0.2) is 6.04 Å². The van der Waals surface area contributed by atoms with Gasteiger partial charge in [-0.15, -0.1) is 11.8 Å². The molecule has 3 atom stereocenters. The van der Waals surface area contributed by atoms with Gasteiger partial charge < -0.3 is 20.4 Å². The normalized spacial score (nSPS) is 29.1. The van der Waals surface area contributed by atoms with Crippen molar-refractivity contribution < 1.29 is 29.4 Å². The third kappa shape index (κ3) is 3.91. The Morgan fingerprint density at radius 1 is 1.25 bits per heavy atom. The smallest absolute Gasteiger partial charge is 0.330 e. The van der Waals surface area contributed by atoms with Gasteiger partial charge in [-0.2, -0.15) is 5.06 Å². The fourth-order valence-electron chi connectivity index (χ4n) is 3.70. The number of nitrogens with zero attached hydrogens (tertiary/aromatic N) is 1. The minimum atomic E-state index is -1.10. The molecular weight excluding hydrogens is 386 g/mol. The van der Waals surface area contributed by atoms with Gasteiger partial charge in [0, 0.05) is 10.3 Å². The van der Waals surface area contributed by atoms with Gasteiger partial charge >= 0.3 is 11.9 Å². The van der Waals surface area contributed by atoms with Crippen molar-refractivity contribution in [2.24, 2.45) is 0 Å². The lowest BCUT2D eigenvalue weighted by atomic mass is 9.95. The Hall–Kier alpha value is -1.62. The summed E-state index contributed by atoms with van der Waals surface area (Å²) in [6, 6.07) is -1.99. The monoisotopic (exact) mass is 415 g/mol. The first-order chi connectivity index (χ1) is 12.6. The highest BCUT2D eigenvalue weighted by Crippen LogP contribution is 2.41. The van der Waals surface area contributed by atoms with E-state index in [9.17, 15) is 24.7 Å². The molecule has 0 aliphatic carbocycles. The molecule has 0 spiro atoms. The summed E-state index contributed by atoms with van der Waals surface area (Å²) >= 11 is 1.25. The highest BCUT2D eigenvalue weighted by molar-refractivity contribution is 8.01. The Balaban J connectivity index is 2.28. The lowest BCUT2D eigenvalue weighted by molar-refractivity contribution is -0.186. The minimum Gasteiger partial charge on any atom is -0.480 e. The summed E-state index contributed by atoms with van der Waals surface area (Å²) in [6.07, 6.45) is 1.65. The van der Waals surface area contributed by atoms with Gasteiger partial charge in [0.2, 0.25) is 5.91 Å². The van der Waals surface area contributed by atoms with Crippen molar-refractivity contribution in [3.8, 4) is 0 Å². The van der Waals surface area contributed by atoms with E-state index in [2.05, 4.69) is 10.6 Å². The second-order valence-electron chi connectivity index (χ2n) is 8.64. The van der Waals surface area contributed by atoms with E-state index in [1.807, 2.05) is 0 Å². The summed E-state index contributed by atoms with van der Waals surface area (Å²) in [7, 11) is 1.21. The fourth-order valence-corrected chi connectivity index (χ4v) is 5.18. The molecule has 0 aromatic rings. The molecule has 9 nitrogen and oxygen atoms in total. The van der Waals surface area contributed by atoms with E-state index in [4.69, 9.17) is 4.74 Å². The quantitative estimate of drug-likeness (QED) is 0.480. The van der Waals surface area contributed by atoms with Crippen LogP contribution in [0.1, 0.15) is 41.5 Å². The van der Waals surface area contributed by atoms with Gasteiger partial charge in [-0.25, -0.2) is 4.79 Å². The molecule has 0 bridgehead atoms. The SMILES string of the molecule is COC(=O)C(NC(=O)C1=CC(C)(C)N(O)C1(C)C)C1NC(C(=O)O)C(C)(C)S1. The van der Waals surface area contributed by atoms with Gasteiger partial charge in [-0.3, -0.25) is 14.9 Å². The maximum absolute atomic E-state index is 13.0. The van der Waals surface area contributed by atoms with Crippen LogP contribution in [-0.2, 0) is 19.1 Å². The van der Waals surface area contributed by atoms with Gasteiger partial charge in [-0.05, 0) is 41.5 Å². The molecule has 2 aliphatic heterocycles. The zero-order valence-corrected chi connectivity index (χ0v) is 18.0. The summed E-state index contributed by atoms with van der Waals surface area (Å²) in [5.74, 6) is -2.24. The summed E-state index contributed by atoms with van der Waals surface area (Å²) in [5.41, 5.74) is -1.41. The first-order valence-electron chi connectivity index (χ1n) is 8.93. The Morgan fingerprint density at radius 3 is 2.21 bits per heavy atom. The van der Waals surface area contributed by atoms with Gasteiger partial charge in [-0.1, -0.05) is 6.08 Å². The predicted octanol–water partition coefficient (Wildman–Crippen LogP) is 0.727. The zero-order valence-electron chi connectivity index (χ0n) is 17.2. The Morgan fingerprint density at radius 2 is 1.82 bits per heavy atom. The molecule has 158 valence electrons. The summed E-state index contributed by atoms with van der Waals surface area (Å²) < 4.78 is 4.14. The maximum atomic E-state index is 13.0. The Labute approximate surface area is 168 Å². The second kappa shape index (κ2) is 7.33. The van der Waals surface area contributed by atoms with Crippen LogP contribution in [0.3, 0.4) is 0 Å². The van der Waals surface area contributed by atoms with Crippen LogP contribution in [0.2, 0.25) is 0 Å². The van der Waals surface area contributed by atoms with Crippen molar-refractivity contribution in [2.75, 3.05) is 7.11 Å². The first kappa shape index (κ1) is 22.7. The predicted molar refractivity (Wildman–Crippen MR) is 104 cm³/mol. The van der Waals surface area contributed by atoms with E-state index >= 15 is 0 Å². The van der Waals surface area contributed by atoms with Crippen molar-refractivity contribution in [3.63, 3.8) is 0 Å². The number of hydroxylamine groups is 2. The third-order valence-electron chi connectivity index (χ3n) is 5.22. The molecule has 2 heterocycles. The number of esters is 1. The molecule has 4 N–H and O–H groups in total. The molecule has 28 heavy (non-hydrogen) atoms. The van der Waals surface area contributed by atoms with Crippen molar-refractivity contribution in [3.05, 3.63) is 11.6 Å². The van der Waals surface area contributed by atoms with E-state index < -0.39 is 51.1 Å². The molecule has 0 aromatic heterocycles. The Kier molecular flexibility index (Phi) is 5.93. The van der Waals surface area contributed by atoms with E-state index in [0.717, 1.165) is 5.06 Å². The number of carboxylic acids is 1. The number of aliphatic carboxylic acids is 1. The average molecular weight is 416 g/mol. The number of carboxylic acid groups (broad SMARTS) is 1. The summed E-state index contributed by atoms with van der Waals surface area (Å²) in [6.45, 7) is 10.4. The molecule has 1 saturated heterocycles. The molecule has 0 aromatic carbocycles. The average Bonchev–Trinajstić information content (AvgIpc) is 2.98. The van der Waals surface area contributed by atoms with E-state index in [1.54, 1.807) is 47.6 Å². The van der Waals surface area contributed by atoms with Crippen LogP contribution in [0, 0.1) is 0 Å². The topological polar surface area (TPSA) is 128 Å². The van der Waals surface area contributed by atoms with Crippen molar-refractivity contribution in [2.45, 2.75) is 74.8 Å². The summed E-state index contributed by atoms with van der Waals surface area (Å²) in [5, 5.41) is 25.8. The Bertz CT molecular complexity index is 718. The standard InChI is InChI=1S/C18H29N3O6S/c1-16(2)8-9(17(3,4)21(16)26)12(22)19-10(15(25)27-7)13-20-11(14(23)24)18(5,6)28-13/h8,10-11,13,20,26H,1-7H3,(H,19,22)(H,23,24). The van der Waals surface area contributed by atoms with E-state index in [-0.39, 0.29) is 0 Å². The fraction of sp³-hybridized carbons (Fsp3) is 0.722. The lowest BCUT2D eigenvalue weighted by Gasteiger charge is -2.36. The van der Waals surface area contributed by atoms with Gasteiger partial charge in [0.25, 0.3) is 0 Å². The third-order valence-corrected chi connectivity index (χ3v) is 6.73. The maximum Gasteiger partial charge on any atom is 0.330 e. The second-order valence-corrected chi connectivity index (χ2v) is 10.4. The van der Waals surface area contributed by atoms with Crippen molar-refractivity contribution in [1.29, 1.82) is 0 Å². The van der Waals surface area contributed by atoms with Crippen LogP contribution in [0.25, 0.3) is 0 Å². The number of carbonyl (C=O) groups excluding carboxylic acids is 2. The number of ether oxygens (including phenoxy) is 1. The van der Waals surface area contributed by atoms with Crippen molar-refractivity contribution in [1.82, 2.24) is 15.7 Å². The summed E-state index contributed by atoms with van der Waals surface area (Å²) in [4.78, 5) is 36.9. The molecule has 1 amide bonds. The number of nitrogens with one attached hydrogen (secondary N) is 2. The van der Waals surface area contributed by atoms with Gasteiger partial charge in [0.05, 0.1) is 23.6 Å². The highest BCUT2D eigenvalue weighted by atomic mass is 32.2. The van der Waals surface area contributed by atoms with E-state index in [0.29, 0.717) is 5.57 Å². The number of carbonyl (C=O) groups is 3. The molecule has 0 radical (unpaired) electrons. The number of methoxy groups -OCH3 is 1. The molecule has 0 saturated carbocycles. The molecule has 3 unspecified atom stereocenters. The molecule has 2 rings (SSSR count). The van der Waals surface area contributed by atoms with E-state index in [1.165, 1.54) is 18.9 Å². The van der Waals surface area contributed by atoms with Gasteiger partial charge in [0.1, 0.15) is 6.04 Å². The molecule has 10 heteroatoms.